The van der Waals surface area contributed by atoms with Gasteiger partial charge in [-0.15, -0.1) is 4.91 Å². The number of hydrogen-bond donors (Lipinski definition) is 0. The number of rotatable bonds is 5. The van der Waals surface area contributed by atoms with Gasteiger partial charge in [-0.25, -0.2) is 0 Å². The fourth-order valence-corrected chi connectivity index (χ4v) is 2.50. The predicted octanol–water partition coefficient (Wildman–Crippen LogP) is 3.83. The SMILES string of the molecule is CCC1C(c2ccc(N=O)cc2)=COC1CC(C)=O. The van der Waals surface area contributed by atoms with Crippen LogP contribution in [-0.4, -0.2) is 11.9 Å². The first kappa shape index (κ1) is 13.5. The number of carbonyl (C=O) groups is 1. The van der Waals surface area contributed by atoms with Crippen LogP contribution in [0.1, 0.15) is 32.3 Å². The van der Waals surface area contributed by atoms with Crippen molar-refractivity contribution < 1.29 is 9.53 Å². The molecule has 0 aliphatic carbocycles. The molecule has 0 N–H and O–H groups in total. The van der Waals surface area contributed by atoms with Crippen molar-refractivity contribution in [2.45, 2.75) is 32.8 Å². The Balaban J connectivity index is 2.19. The highest BCUT2D eigenvalue weighted by Gasteiger charge is 2.31. The fraction of sp³-hybridized carbons (Fsp3) is 0.400. The number of carbonyl (C=O) groups excluding carboxylic acids is 1. The van der Waals surface area contributed by atoms with E-state index in [1.165, 1.54) is 0 Å². The maximum absolute atomic E-state index is 11.2. The zero-order valence-electron chi connectivity index (χ0n) is 11.1. The molecule has 0 fully saturated rings. The highest BCUT2D eigenvalue weighted by molar-refractivity contribution is 5.77. The van der Waals surface area contributed by atoms with Crippen molar-refractivity contribution in [3.05, 3.63) is 41.0 Å². The summed E-state index contributed by atoms with van der Waals surface area (Å²) in [6.07, 6.45) is 3.02. The van der Waals surface area contributed by atoms with Crippen molar-refractivity contribution in [3.8, 4) is 0 Å². The number of ether oxygens (including phenoxy) is 1. The van der Waals surface area contributed by atoms with E-state index in [4.69, 9.17) is 4.74 Å². The van der Waals surface area contributed by atoms with Gasteiger partial charge in [0.05, 0.1) is 6.26 Å². The highest BCUT2D eigenvalue weighted by Crippen LogP contribution is 2.37. The minimum atomic E-state index is -0.0682. The Morgan fingerprint density at radius 1 is 1.32 bits per heavy atom. The van der Waals surface area contributed by atoms with Crippen LogP contribution in [-0.2, 0) is 9.53 Å². The van der Waals surface area contributed by atoms with Gasteiger partial charge in [-0.05, 0) is 36.2 Å². The average Bonchev–Trinajstić information content (AvgIpc) is 2.80. The number of nitrogens with zero attached hydrogens (tertiary/aromatic N) is 1. The van der Waals surface area contributed by atoms with Gasteiger partial charge in [0.1, 0.15) is 17.6 Å². The van der Waals surface area contributed by atoms with Crippen LogP contribution in [0.3, 0.4) is 0 Å². The molecule has 1 aromatic rings. The molecule has 1 aliphatic heterocycles. The van der Waals surface area contributed by atoms with Crippen LogP contribution in [0.4, 0.5) is 5.69 Å². The molecule has 19 heavy (non-hydrogen) atoms. The molecule has 0 spiro atoms. The van der Waals surface area contributed by atoms with Crippen molar-refractivity contribution in [3.63, 3.8) is 0 Å². The molecule has 0 saturated carbocycles. The largest absolute Gasteiger partial charge is 0.497 e. The van der Waals surface area contributed by atoms with Crippen LogP contribution >= 0.6 is 0 Å². The van der Waals surface area contributed by atoms with E-state index in [-0.39, 0.29) is 17.8 Å². The number of Topliss-reactive ketones (excluding diaryl/α,β-unsaturated/α-hetero) is 1. The lowest BCUT2D eigenvalue weighted by atomic mass is 9.87. The first-order valence-electron chi connectivity index (χ1n) is 6.44. The van der Waals surface area contributed by atoms with Crippen molar-refractivity contribution in [2.24, 2.45) is 11.1 Å². The van der Waals surface area contributed by atoms with E-state index >= 15 is 0 Å². The van der Waals surface area contributed by atoms with E-state index < -0.39 is 0 Å². The Labute approximate surface area is 112 Å². The zero-order chi connectivity index (χ0) is 13.8. The van der Waals surface area contributed by atoms with Gasteiger partial charge >= 0.3 is 0 Å². The molecular weight excluding hydrogens is 242 g/mol. The Morgan fingerprint density at radius 2 is 2.00 bits per heavy atom. The number of nitroso groups, excluding NO2 is 1. The second-order valence-corrected chi connectivity index (χ2v) is 4.81. The lowest BCUT2D eigenvalue weighted by Gasteiger charge is -2.19. The van der Waals surface area contributed by atoms with Crippen molar-refractivity contribution in [1.29, 1.82) is 0 Å². The Bertz CT molecular complexity index is 505. The molecule has 1 heterocycles. The molecule has 2 unspecified atom stereocenters. The molecule has 2 atom stereocenters. The lowest BCUT2D eigenvalue weighted by molar-refractivity contribution is -0.119. The summed E-state index contributed by atoms with van der Waals surface area (Å²) in [7, 11) is 0. The molecule has 1 aliphatic rings. The third kappa shape index (κ3) is 2.89. The molecule has 4 heteroatoms. The number of ketones is 1. The zero-order valence-corrected chi connectivity index (χ0v) is 11.1. The van der Waals surface area contributed by atoms with Gasteiger partial charge in [0.15, 0.2) is 0 Å². The number of benzene rings is 1. The van der Waals surface area contributed by atoms with Gasteiger partial charge in [-0.2, -0.15) is 0 Å². The third-order valence-corrected chi connectivity index (χ3v) is 3.45. The second kappa shape index (κ2) is 5.78. The summed E-state index contributed by atoms with van der Waals surface area (Å²) in [6, 6.07) is 7.11. The van der Waals surface area contributed by atoms with Crippen LogP contribution in [0.15, 0.2) is 35.7 Å². The molecule has 0 radical (unpaired) electrons. The topological polar surface area (TPSA) is 55.7 Å². The minimum absolute atomic E-state index is 0.0682. The van der Waals surface area contributed by atoms with Gasteiger partial charge in [0.2, 0.25) is 0 Å². The Morgan fingerprint density at radius 3 is 2.53 bits per heavy atom. The summed E-state index contributed by atoms with van der Waals surface area (Å²) in [5.41, 5.74) is 2.52. The van der Waals surface area contributed by atoms with E-state index in [2.05, 4.69) is 12.1 Å². The maximum Gasteiger partial charge on any atom is 0.133 e. The molecule has 0 amide bonds. The summed E-state index contributed by atoms with van der Waals surface area (Å²) >= 11 is 0. The Hall–Kier alpha value is -1.97. The fourth-order valence-electron chi connectivity index (χ4n) is 2.50. The first-order valence-corrected chi connectivity index (χ1v) is 6.44. The summed E-state index contributed by atoms with van der Waals surface area (Å²) in [4.78, 5) is 21.6. The highest BCUT2D eigenvalue weighted by atomic mass is 16.5. The van der Waals surface area contributed by atoms with Crippen molar-refractivity contribution in [1.82, 2.24) is 0 Å². The van der Waals surface area contributed by atoms with Crippen LogP contribution in [0.5, 0.6) is 0 Å². The van der Waals surface area contributed by atoms with E-state index in [0.717, 1.165) is 17.6 Å². The summed E-state index contributed by atoms with van der Waals surface area (Å²) in [5, 5.41) is 2.89. The van der Waals surface area contributed by atoms with E-state index in [9.17, 15) is 9.70 Å². The number of hydrogen-bond acceptors (Lipinski definition) is 4. The van der Waals surface area contributed by atoms with Gasteiger partial charge in [0.25, 0.3) is 0 Å². The monoisotopic (exact) mass is 259 g/mol. The maximum atomic E-state index is 11.2. The predicted molar refractivity (Wildman–Crippen MR) is 73.8 cm³/mol. The van der Waals surface area contributed by atoms with Gasteiger partial charge in [-0.1, -0.05) is 19.1 Å². The minimum Gasteiger partial charge on any atom is -0.497 e. The normalized spacial score (nSPS) is 21.7. The quantitative estimate of drug-likeness (QED) is 0.755. The molecular formula is C15H17NO3. The lowest BCUT2D eigenvalue weighted by Crippen LogP contribution is -2.20. The second-order valence-electron chi connectivity index (χ2n) is 4.81. The van der Waals surface area contributed by atoms with Crippen LogP contribution in [0, 0.1) is 10.8 Å². The molecule has 2 rings (SSSR count). The van der Waals surface area contributed by atoms with Crippen molar-refractivity contribution >= 4 is 17.0 Å². The van der Waals surface area contributed by atoms with Crippen molar-refractivity contribution in [2.75, 3.05) is 0 Å². The Kier molecular flexibility index (Phi) is 4.10. The van der Waals surface area contributed by atoms with Crippen LogP contribution < -0.4 is 0 Å². The summed E-state index contributed by atoms with van der Waals surface area (Å²) in [5.74, 6) is 0.359. The van der Waals surface area contributed by atoms with E-state index in [0.29, 0.717) is 12.1 Å². The molecule has 0 aromatic heterocycles. The molecule has 1 aromatic carbocycles. The van der Waals surface area contributed by atoms with Gasteiger partial charge in [-0.3, -0.25) is 4.79 Å². The third-order valence-electron chi connectivity index (χ3n) is 3.45. The van der Waals surface area contributed by atoms with Crippen LogP contribution in [0.2, 0.25) is 0 Å². The smallest absolute Gasteiger partial charge is 0.133 e. The van der Waals surface area contributed by atoms with Gasteiger partial charge < -0.3 is 4.74 Å². The standard InChI is InChI=1S/C15H17NO3/c1-3-13-14(9-19-15(13)8-10(2)17)11-4-6-12(16-18)7-5-11/h4-7,9,13,15H,3,8H2,1-2H3. The molecule has 0 bridgehead atoms. The van der Waals surface area contributed by atoms with Crippen LogP contribution in [0.25, 0.3) is 5.57 Å². The average molecular weight is 259 g/mol. The van der Waals surface area contributed by atoms with Gasteiger partial charge in [0, 0.05) is 17.9 Å². The van der Waals surface area contributed by atoms with E-state index in [1.54, 1.807) is 25.3 Å². The summed E-state index contributed by atoms with van der Waals surface area (Å²) in [6.45, 7) is 3.67. The molecule has 100 valence electrons. The van der Waals surface area contributed by atoms with E-state index in [1.807, 2.05) is 12.1 Å². The first-order chi connectivity index (χ1) is 9.15. The molecule has 4 nitrogen and oxygen atoms in total. The summed E-state index contributed by atoms with van der Waals surface area (Å²) < 4.78 is 5.62. The molecule has 0 saturated heterocycles.